The number of esters is 1. The highest BCUT2D eigenvalue weighted by molar-refractivity contribution is 5.69. The van der Waals surface area contributed by atoms with Gasteiger partial charge in [0.1, 0.15) is 6.61 Å². The van der Waals surface area contributed by atoms with Crippen molar-refractivity contribution in [3.63, 3.8) is 0 Å². The molecule has 0 fully saturated rings. The van der Waals surface area contributed by atoms with Crippen LogP contribution in [0.25, 0.3) is 0 Å². The van der Waals surface area contributed by atoms with Crippen molar-refractivity contribution >= 4 is 5.97 Å². The van der Waals surface area contributed by atoms with E-state index >= 15 is 0 Å². The molecule has 0 spiro atoms. The van der Waals surface area contributed by atoms with Gasteiger partial charge in [-0.1, -0.05) is 51.8 Å². The summed E-state index contributed by atoms with van der Waals surface area (Å²) >= 11 is 0. The first kappa shape index (κ1) is 16.0. The average Bonchev–Trinajstić information content (AvgIpc) is 2.26. The molecule has 2 heteroatoms. The van der Waals surface area contributed by atoms with Crippen LogP contribution in [-0.4, -0.2) is 12.6 Å². The minimum absolute atomic E-state index is 0.114. The van der Waals surface area contributed by atoms with E-state index in [1.54, 1.807) is 0 Å². The molecule has 0 rings (SSSR count). The van der Waals surface area contributed by atoms with Crippen LogP contribution in [0.3, 0.4) is 0 Å². The van der Waals surface area contributed by atoms with E-state index in [1.807, 2.05) is 32.1 Å². The van der Waals surface area contributed by atoms with Crippen molar-refractivity contribution in [2.24, 2.45) is 5.92 Å². The third kappa shape index (κ3) is 12.9. The summed E-state index contributed by atoms with van der Waals surface area (Å²) in [6, 6.07) is 0. The SMILES string of the molecule is CCCCC/C=C\C=C\COC(=O)CC(C)C. The van der Waals surface area contributed by atoms with Crippen molar-refractivity contribution in [3.05, 3.63) is 24.3 Å². The molecule has 2 nitrogen and oxygen atoms in total. The standard InChI is InChI=1S/C15H26O2/c1-4-5-6-7-8-9-10-11-12-17-15(16)13-14(2)3/h8-11,14H,4-7,12-13H2,1-3H3/b9-8-,11-10+. The molecule has 0 saturated heterocycles. The quantitative estimate of drug-likeness (QED) is 0.341. The van der Waals surface area contributed by atoms with Crippen molar-refractivity contribution in [2.75, 3.05) is 6.61 Å². The van der Waals surface area contributed by atoms with Crippen molar-refractivity contribution in [2.45, 2.75) is 52.9 Å². The summed E-state index contributed by atoms with van der Waals surface area (Å²) in [6.07, 6.45) is 13.4. The highest BCUT2D eigenvalue weighted by Gasteiger charge is 2.03. The molecule has 0 bridgehead atoms. The van der Waals surface area contributed by atoms with Gasteiger partial charge in [0.15, 0.2) is 0 Å². The maximum Gasteiger partial charge on any atom is 0.306 e. The first-order valence-electron chi connectivity index (χ1n) is 6.64. The molecule has 0 unspecified atom stereocenters. The van der Waals surface area contributed by atoms with E-state index in [1.165, 1.54) is 19.3 Å². The summed E-state index contributed by atoms with van der Waals surface area (Å²) in [6.45, 7) is 6.60. The smallest absolute Gasteiger partial charge is 0.306 e. The predicted molar refractivity (Wildman–Crippen MR) is 72.8 cm³/mol. The lowest BCUT2D eigenvalue weighted by molar-refractivity contribution is -0.143. The van der Waals surface area contributed by atoms with Crippen LogP contribution in [0, 0.1) is 5.92 Å². The molecule has 0 aliphatic heterocycles. The van der Waals surface area contributed by atoms with Crippen molar-refractivity contribution in [3.8, 4) is 0 Å². The lowest BCUT2D eigenvalue weighted by atomic mass is 10.1. The van der Waals surface area contributed by atoms with Gasteiger partial charge in [-0.25, -0.2) is 0 Å². The van der Waals surface area contributed by atoms with Crippen molar-refractivity contribution in [1.82, 2.24) is 0 Å². The zero-order valence-electron chi connectivity index (χ0n) is 11.4. The highest BCUT2D eigenvalue weighted by atomic mass is 16.5. The molecule has 0 aromatic rings. The topological polar surface area (TPSA) is 26.3 Å². The molecular weight excluding hydrogens is 212 g/mol. The van der Waals surface area contributed by atoms with Gasteiger partial charge < -0.3 is 4.74 Å². The highest BCUT2D eigenvalue weighted by Crippen LogP contribution is 2.01. The molecule has 0 radical (unpaired) electrons. The number of rotatable bonds is 9. The number of hydrogen-bond acceptors (Lipinski definition) is 2. The fourth-order valence-corrected chi connectivity index (χ4v) is 1.35. The molecule has 0 atom stereocenters. The van der Waals surface area contributed by atoms with E-state index in [2.05, 4.69) is 13.0 Å². The molecule has 0 aromatic carbocycles. The molecule has 0 saturated carbocycles. The van der Waals surface area contributed by atoms with Crippen LogP contribution in [0.15, 0.2) is 24.3 Å². The van der Waals surface area contributed by atoms with E-state index in [0.29, 0.717) is 18.9 Å². The van der Waals surface area contributed by atoms with E-state index in [-0.39, 0.29) is 5.97 Å². The first-order valence-corrected chi connectivity index (χ1v) is 6.64. The Hall–Kier alpha value is -1.05. The van der Waals surface area contributed by atoms with Crippen LogP contribution in [0.4, 0.5) is 0 Å². The van der Waals surface area contributed by atoms with Gasteiger partial charge >= 0.3 is 5.97 Å². The fraction of sp³-hybridized carbons (Fsp3) is 0.667. The van der Waals surface area contributed by atoms with Crippen molar-refractivity contribution < 1.29 is 9.53 Å². The Morgan fingerprint density at radius 1 is 1.18 bits per heavy atom. The number of ether oxygens (including phenoxy) is 1. The Bertz CT molecular complexity index is 239. The second kappa shape index (κ2) is 11.4. The van der Waals surface area contributed by atoms with E-state index in [0.717, 1.165) is 6.42 Å². The largest absolute Gasteiger partial charge is 0.461 e. The second-order valence-electron chi connectivity index (χ2n) is 4.63. The molecule has 0 aliphatic rings. The molecule has 0 aliphatic carbocycles. The van der Waals surface area contributed by atoms with Crippen LogP contribution >= 0.6 is 0 Å². The Labute approximate surface area is 106 Å². The second-order valence-corrected chi connectivity index (χ2v) is 4.63. The monoisotopic (exact) mass is 238 g/mol. The Balaban J connectivity index is 3.44. The van der Waals surface area contributed by atoms with Gasteiger partial charge in [-0.15, -0.1) is 0 Å². The molecule has 0 aromatic heterocycles. The zero-order chi connectivity index (χ0) is 12.9. The fourth-order valence-electron chi connectivity index (χ4n) is 1.35. The number of allylic oxidation sites excluding steroid dienone is 3. The number of unbranched alkanes of at least 4 members (excludes halogenated alkanes) is 3. The molecule has 0 heterocycles. The minimum Gasteiger partial charge on any atom is -0.461 e. The summed E-state index contributed by atoms with van der Waals surface area (Å²) < 4.78 is 5.04. The molecule has 17 heavy (non-hydrogen) atoms. The molecular formula is C15H26O2. The lowest BCUT2D eigenvalue weighted by Gasteiger charge is -2.03. The molecule has 0 N–H and O–H groups in total. The average molecular weight is 238 g/mol. The Morgan fingerprint density at radius 2 is 1.88 bits per heavy atom. The van der Waals surface area contributed by atoms with Gasteiger partial charge in [-0.2, -0.15) is 0 Å². The van der Waals surface area contributed by atoms with Crippen LogP contribution < -0.4 is 0 Å². The normalized spacial score (nSPS) is 11.8. The van der Waals surface area contributed by atoms with Crippen LogP contribution in [-0.2, 0) is 9.53 Å². The van der Waals surface area contributed by atoms with E-state index < -0.39 is 0 Å². The number of carbonyl (C=O) groups excluding carboxylic acids is 1. The van der Waals surface area contributed by atoms with E-state index in [9.17, 15) is 4.79 Å². The van der Waals surface area contributed by atoms with Crippen LogP contribution in [0.5, 0.6) is 0 Å². The summed E-state index contributed by atoms with van der Waals surface area (Å²) in [5.74, 6) is 0.251. The summed E-state index contributed by atoms with van der Waals surface area (Å²) in [4.78, 5) is 11.2. The first-order chi connectivity index (χ1) is 8.16. The maximum absolute atomic E-state index is 11.2. The van der Waals surface area contributed by atoms with Crippen LogP contribution in [0.2, 0.25) is 0 Å². The predicted octanol–water partition coefficient (Wildman–Crippen LogP) is 4.27. The van der Waals surface area contributed by atoms with Gasteiger partial charge in [-0.05, 0) is 24.8 Å². The summed E-state index contributed by atoms with van der Waals surface area (Å²) in [7, 11) is 0. The third-order valence-corrected chi connectivity index (χ3v) is 2.27. The molecule has 0 amide bonds. The minimum atomic E-state index is -0.114. The maximum atomic E-state index is 11.2. The van der Waals surface area contributed by atoms with E-state index in [4.69, 9.17) is 4.74 Å². The number of hydrogen-bond donors (Lipinski definition) is 0. The Kier molecular flexibility index (Phi) is 10.7. The zero-order valence-corrected chi connectivity index (χ0v) is 11.4. The number of carbonyl (C=O) groups is 1. The summed E-state index contributed by atoms with van der Waals surface area (Å²) in [5, 5.41) is 0. The van der Waals surface area contributed by atoms with Crippen LogP contribution in [0.1, 0.15) is 52.9 Å². The lowest BCUT2D eigenvalue weighted by Crippen LogP contribution is -2.07. The van der Waals surface area contributed by atoms with Gasteiger partial charge in [0.25, 0.3) is 0 Å². The molecule has 98 valence electrons. The van der Waals surface area contributed by atoms with Gasteiger partial charge in [0.05, 0.1) is 0 Å². The summed E-state index contributed by atoms with van der Waals surface area (Å²) in [5.41, 5.74) is 0. The van der Waals surface area contributed by atoms with Gasteiger partial charge in [0, 0.05) is 6.42 Å². The third-order valence-electron chi connectivity index (χ3n) is 2.27. The van der Waals surface area contributed by atoms with Gasteiger partial charge in [0.2, 0.25) is 0 Å². The van der Waals surface area contributed by atoms with Gasteiger partial charge in [-0.3, -0.25) is 4.79 Å². The van der Waals surface area contributed by atoms with Crippen molar-refractivity contribution in [1.29, 1.82) is 0 Å². The Morgan fingerprint density at radius 3 is 2.53 bits per heavy atom.